The van der Waals surface area contributed by atoms with Crippen molar-refractivity contribution in [3.63, 3.8) is 0 Å². The topological polar surface area (TPSA) is 25.8 Å². The molecule has 3 aromatic rings. The summed E-state index contributed by atoms with van der Waals surface area (Å²) in [7, 11) is 0. The fourth-order valence-corrected chi connectivity index (χ4v) is 5.10. The van der Waals surface area contributed by atoms with E-state index in [4.69, 9.17) is 9.97 Å². The molecule has 2 aliphatic rings. The highest BCUT2D eigenvalue weighted by Gasteiger charge is 2.36. The zero-order valence-electron chi connectivity index (χ0n) is 23.1. The van der Waals surface area contributed by atoms with E-state index in [1.807, 2.05) is 37.3 Å². The monoisotopic (exact) mass is 486 g/mol. The molecule has 188 valence electrons. The minimum atomic E-state index is 0.00579. The first kappa shape index (κ1) is 26.3. The first-order chi connectivity index (χ1) is 17.8. The van der Waals surface area contributed by atoms with Crippen LogP contribution in [0.15, 0.2) is 97.1 Å². The van der Waals surface area contributed by atoms with E-state index >= 15 is 0 Å². The van der Waals surface area contributed by atoms with Gasteiger partial charge in [-0.15, -0.1) is 0 Å². The molecule has 2 heteroatoms. The number of aromatic nitrogens is 2. The standard InChI is InChI=1S/C32H30N2.C3H8/c1-6-22(7-2)29-20-30(23-11-9-8-10-12-23)34-31(33-29)24-14-17-25-26-16-13-21(3)19-28(26)32(4,5)27(25)18-15-24;1-3-2/h6-17,19-20H,1,18H2,2-5H3;3H2,1-2H3/b22-7+;. The zero-order valence-corrected chi connectivity index (χ0v) is 23.1. The van der Waals surface area contributed by atoms with E-state index in [9.17, 15) is 0 Å². The van der Waals surface area contributed by atoms with Crippen LogP contribution in [-0.2, 0) is 5.41 Å². The van der Waals surface area contributed by atoms with Crippen LogP contribution in [0.2, 0.25) is 0 Å². The van der Waals surface area contributed by atoms with Gasteiger partial charge in [0.05, 0.1) is 11.4 Å². The molecule has 0 aliphatic heterocycles. The van der Waals surface area contributed by atoms with Gasteiger partial charge >= 0.3 is 0 Å². The molecule has 0 bridgehead atoms. The third-order valence-corrected chi connectivity index (χ3v) is 7.05. The predicted molar refractivity (Wildman–Crippen MR) is 160 cm³/mol. The number of nitrogens with zero attached hydrogens (tertiary/aromatic N) is 2. The Bertz CT molecular complexity index is 1430. The average molecular weight is 487 g/mol. The third kappa shape index (κ3) is 5.20. The van der Waals surface area contributed by atoms with Gasteiger partial charge in [-0.1, -0.05) is 125 Å². The Kier molecular flexibility index (Phi) is 7.88. The summed E-state index contributed by atoms with van der Waals surface area (Å²) >= 11 is 0. The molecule has 2 nitrogen and oxygen atoms in total. The van der Waals surface area contributed by atoms with Crippen molar-refractivity contribution in [2.75, 3.05) is 0 Å². The maximum absolute atomic E-state index is 5.00. The van der Waals surface area contributed by atoms with Gasteiger partial charge in [-0.3, -0.25) is 0 Å². The van der Waals surface area contributed by atoms with Crippen molar-refractivity contribution in [2.45, 2.75) is 59.8 Å². The Hall–Kier alpha value is -3.78. The molecule has 1 aromatic heterocycles. The van der Waals surface area contributed by atoms with Crippen LogP contribution in [0.25, 0.3) is 28.0 Å². The SMILES string of the molecule is C=C/C(=C\C)c1cc(-c2ccccc2)nc(C2=CCC3=C(C=C2)c2ccc(C)cc2C3(C)C)n1.CCC. The Labute approximate surface area is 222 Å². The van der Waals surface area contributed by atoms with E-state index in [2.05, 4.69) is 95.8 Å². The van der Waals surface area contributed by atoms with Gasteiger partial charge in [-0.05, 0) is 54.2 Å². The van der Waals surface area contributed by atoms with E-state index < -0.39 is 0 Å². The number of hydrogen-bond acceptors (Lipinski definition) is 2. The van der Waals surface area contributed by atoms with Crippen LogP contribution in [0.5, 0.6) is 0 Å². The van der Waals surface area contributed by atoms with E-state index in [1.165, 1.54) is 34.3 Å². The summed E-state index contributed by atoms with van der Waals surface area (Å²) in [5, 5.41) is 0. The molecule has 5 rings (SSSR count). The second-order valence-electron chi connectivity index (χ2n) is 10.2. The van der Waals surface area contributed by atoms with E-state index in [1.54, 1.807) is 0 Å². The van der Waals surface area contributed by atoms with E-state index in [0.29, 0.717) is 0 Å². The third-order valence-electron chi connectivity index (χ3n) is 7.05. The normalized spacial score (nSPS) is 15.7. The van der Waals surface area contributed by atoms with Crippen molar-refractivity contribution in [3.05, 3.63) is 125 Å². The first-order valence-electron chi connectivity index (χ1n) is 13.3. The number of hydrogen-bond donors (Lipinski definition) is 0. The number of benzene rings is 2. The summed E-state index contributed by atoms with van der Waals surface area (Å²) in [5.74, 6) is 0.747. The summed E-state index contributed by atoms with van der Waals surface area (Å²) in [6, 6.07) is 19.2. The summed E-state index contributed by atoms with van der Waals surface area (Å²) < 4.78 is 0. The summed E-state index contributed by atoms with van der Waals surface area (Å²) in [4.78, 5) is 9.96. The molecule has 0 saturated carbocycles. The Morgan fingerprint density at radius 2 is 1.73 bits per heavy atom. The van der Waals surface area contributed by atoms with Gasteiger partial charge in [0, 0.05) is 16.6 Å². The number of fused-ring (bicyclic) bond motifs is 2. The summed E-state index contributed by atoms with van der Waals surface area (Å²) in [6.07, 6.45) is 12.8. The summed E-state index contributed by atoms with van der Waals surface area (Å²) in [5.41, 5.74) is 11.8. The maximum Gasteiger partial charge on any atom is 0.160 e. The molecule has 0 saturated heterocycles. The van der Waals surface area contributed by atoms with Crippen molar-refractivity contribution in [3.8, 4) is 11.3 Å². The predicted octanol–water partition coefficient (Wildman–Crippen LogP) is 9.55. The Balaban J connectivity index is 0.00000102. The van der Waals surface area contributed by atoms with Crippen LogP contribution >= 0.6 is 0 Å². The largest absolute Gasteiger partial charge is 0.228 e. The van der Waals surface area contributed by atoms with Gasteiger partial charge < -0.3 is 0 Å². The Morgan fingerprint density at radius 3 is 2.41 bits per heavy atom. The van der Waals surface area contributed by atoms with E-state index in [-0.39, 0.29) is 5.41 Å². The van der Waals surface area contributed by atoms with Crippen molar-refractivity contribution < 1.29 is 0 Å². The highest BCUT2D eigenvalue weighted by molar-refractivity contribution is 5.90. The van der Waals surface area contributed by atoms with Gasteiger partial charge in [-0.25, -0.2) is 9.97 Å². The van der Waals surface area contributed by atoms with E-state index in [0.717, 1.165) is 40.3 Å². The molecule has 37 heavy (non-hydrogen) atoms. The molecule has 1 heterocycles. The lowest BCUT2D eigenvalue weighted by Gasteiger charge is -2.24. The molecular weight excluding hydrogens is 448 g/mol. The van der Waals surface area contributed by atoms with Gasteiger partial charge in [-0.2, -0.15) is 0 Å². The second kappa shape index (κ2) is 11.1. The van der Waals surface area contributed by atoms with Crippen LogP contribution in [0.1, 0.15) is 75.7 Å². The highest BCUT2D eigenvalue weighted by atomic mass is 14.9. The van der Waals surface area contributed by atoms with Crippen molar-refractivity contribution in [1.82, 2.24) is 9.97 Å². The van der Waals surface area contributed by atoms with Gasteiger partial charge in [0.2, 0.25) is 0 Å². The van der Waals surface area contributed by atoms with Crippen molar-refractivity contribution >= 4 is 16.7 Å². The fraction of sp³-hybridized carbons (Fsp3) is 0.257. The fourth-order valence-electron chi connectivity index (χ4n) is 5.10. The zero-order chi connectivity index (χ0) is 26.6. The maximum atomic E-state index is 5.00. The molecule has 0 fully saturated rings. The van der Waals surface area contributed by atoms with Gasteiger partial charge in [0.15, 0.2) is 5.82 Å². The molecule has 0 atom stereocenters. The lowest BCUT2D eigenvalue weighted by atomic mass is 9.79. The lowest BCUT2D eigenvalue weighted by Crippen LogP contribution is -2.17. The molecule has 0 radical (unpaired) electrons. The number of aryl methyl sites for hydroxylation is 1. The van der Waals surface area contributed by atoms with Crippen LogP contribution in [-0.4, -0.2) is 9.97 Å². The Morgan fingerprint density at radius 1 is 1.00 bits per heavy atom. The summed E-state index contributed by atoms with van der Waals surface area (Å²) in [6.45, 7) is 17.1. The van der Waals surface area contributed by atoms with Gasteiger partial charge in [0.1, 0.15) is 0 Å². The van der Waals surface area contributed by atoms with Crippen LogP contribution < -0.4 is 0 Å². The second-order valence-corrected chi connectivity index (χ2v) is 10.2. The average Bonchev–Trinajstić information content (AvgIpc) is 3.03. The van der Waals surface area contributed by atoms with Crippen LogP contribution in [0, 0.1) is 6.92 Å². The smallest absolute Gasteiger partial charge is 0.160 e. The number of allylic oxidation sites excluding steroid dienone is 9. The molecule has 0 unspecified atom stereocenters. The van der Waals surface area contributed by atoms with Gasteiger partial charge in [0.25, 0.3) is 0 Å². The molecule has 2 aliphatic carbocycles. The molecule has 0 spiro atoms. The molecule has 2 aromatic carbocycles. The quantitative estimate of drug-likeness (QED) is 0.343. The minimum Gasteiger partial charge on any atom is -0.228 e. The minimum absolute atomic E-state index is 0.00579. The van der Waals surface area contributed by atoms with Crippen molar-refractivity contribution in [2.24, 2.45) is 0 Å². The highest BCUT2D eigenvalue weighted by Crippen LogP contribution is 2.49. The first-order valence-corrected chi connectivity index (χ1v) is 13.3. The molecule has 0 N–H and O–H groups in total. The van der Waals surface area contributed by atoms with Crippen LogP contribution in [0.3, 0.4) is 0 Å². The molecule has 0 amide bonds. The lowest BCUT2D eigenvalue weighted by molar-refractivity contribution is 0.625. The van der Waals surface area contributed by atoms with Crippen molar-refractivity contribution in [1.29, 1.82) is 0 Å². The molecular formula is C35H38N2. The number of rotatable bonds is 4. The van der Waals surface area contributed by atoms with Crippen LogP contribution in [0.4, 0.5) is 0 Å².